The van der Waals surface area contributed by atoms with Crippen molar-refractivity contribution in [2.45, 2.75) is 36.8 Å². The summed E-state index contributed by atoms with van der Waals surface area (Å²) in [5.74, 6) is -0.466. The summed E-state index contributed by atoms with van der Waals surface area (Å²) in [6.45, 7) is 0. The van der Waals surface area contributed by atoms with Crippen molar-refractivity contribution in [1.82, 2.24) is 0 Å². The minimum atomic E-state index is -5.15. The van der Waals surface area contributed by atoms with Crippen LogP contribution >= 0.6 is 7.60 Å². The zero-order chi connectivity index (χ0) is 29.9. The Kier molecular flexibility index (Phi) is 8.36. The highest BCUT2D eigenvalue weighted by Crippen LogP contribution is 2.55. The number of hydrogen-bond donors (Lipinski definition) is 1. The van der Waals surface area contributed by atoms with E-state index in [2.05, 4.69) is 22.7 Å². The van der Waals surface area contributed by atoms with Crippen molar-refractivity contribution in [3.05, 3.63) is 137 Å². The van der Waals surface area contributed by atoms with Gasteiger partial charge in [-0.2, -0.15) is 14.0 Å². The van der Waals surface area contributed by atoms with Crippen LogP contribution in [0.3, 0.4) is 0 Å². The fraction of sp³-hybridized carbons (Fsp3) is 0.212. The van der Waals surface area contributed by atoms with Gasteiger partial charge in [0, 0.05) is 5.56 Å². The summed E-state index contributed by atoms with van der Waals surface area (Å²) < 4.78 is 55.9. The van der Waals surface area contributed by atoms with Crippen molar-refractivity contribution in [3.63, 3.8) is 0 Å². The number of carbonyl (C=O) groups excluding carboxylic acids is 1. The highest BCUT2D eigenvalue weighted by atomic mass is 31.2. The number of nitriles is 1. The lowest BCUT2D eigenvalue weighted by atomic mass is 9.67. The molecule has 1 fully saturated rings. The number of alkyl halides is 2. The summed E-state index contributed by atoms with van der Waals surface area (Å²) in [4.78, 5) is 23.9. The first-order chi connectivity index (χ1) is 20.1. The predicted molar refractivity (Wildman–Crippen MR) is 152 cm³/mol. The predicted octanol–water partition coefficient (Wildman–Crippen LogP) is 8.04. The average Bonchev–Trinajstić information content (AvgIpc) is 3.77. The fourth-order valence-corrected chi connectivity index (χ4v) is 6.08. The maximum absolute atomic E-state index is 14.5. The third-order valence-corrected chi connectivity index (χ3v) is 8.75. The SMILES string of the molecule is N#Cc1ccc(C(Cc2ccc(OP(=O)(O)C(F)F)cc2)(CC2CC2c2ccccc2)C(=O)c2ccc(F)cc2)cc1. The van der Waals surface area contributed by atoms with Crippen LogP contribution in [0.5, 0.6) is 5.75 Å². The molecule has 4 atom stereocenters. The first-order valence-corrected chi connectivity index (χ1v) is 15.0. The highest BCUT2D eigenvalue weighted by Gasteiger charge is 2.49. The van der Waals surface area contributed by atoms with Gasteiger partial charge in [-0.25, -0.2) is 8.96 Å². The Morgan fingerprint density at radius 1 is 0.976 bits per heavy atom. The molecule has 0 aromatic heterocycles. The molecule has 0 aliphatic heterocycles. The van der Waals surface area contributed by atoms with E-state index in [-0.39, 0.29) is 29.8 Å². The van der Waals surface area contributed by atoms with Crippen molar-refractivity contribution in [3.8, 4) is 11.8 Å². The Morgan fingerprint density at radius 3 is 2.21 bits per heavy atom. The van der Waals surface area contributed by atoms with E-state index < -0.39 is 25.0 Å². The summed E-state index contributed by atoms with van der Waals surface area (Å²) in [6, 6.07) is 30.1. The van der Waals surface area contributed by atoms with Gasteiger partial charge in [-0.05, 0) is 96.3 Å². The van der Waals surface area contributed by atoms with E-state index in [1.807, 2.05) is 18.2 Å². The van der Waals surface area contributed by atoms with Crippen LogP contribution in [0.2, 0.25) is 0 Å². The summed E-state index contributed by atoms with van der Waals surface area (Å²) in [6.07, 6.45) is -2.01. The van der Waals surface area contributed by atoms with Gasteiger partial charge in [0.1, 0.15) is 11.6 Å². The number of benzene rings is 4. The zero-order valence-electron chi connectivity index (χ0n) is 22.4. The number of rotatable bonds is 11. The quantitative estimate of drug-likeness (QED) is 0.141. The van der Waals surface area contributed by atoms with Gasteiger partial charge in [-0.1, -0.05) is 54.6 Å². The van der Waals surface area contributed by atoms with Gasteiger partial charge in [-0.3, -0.25) is 4.79 Å². The summed E-state index contributed by atoms with van der Waals surface area (Å²) in [7, 11) is -5.15. The normalized spacial score (nSPS) is 18.9. The molecule has 1 saturated carbocycles. The molecule has 0 saturated heterocycles. The fourth-order valence-electron chi connectivity index (χ4n) is 5.57. The Labute approximate surface area is 241 Å². The second-order valence-electron chi connectivity index (χ2n) is 10.6. The molecule has 0 spiro atoms. The van der Waals surface area contributed by atoms with Gasteiger partial charge < -0.3 is 9.42 Å². The topological polar surface area (TPSA) is 87.4 Å². The van der Waals surface area contributed by atoms with Crippen LogP contribution in [-0.4, -0.2) is 16.8 Å². The van der Waals surface area contributed by atoms with E-state index in [9.17, 15) is 32.7 Å². The molecule has 0 radical (unpaired) electrons. The van der Waals surface area contributed by atoms with E-state index in [1.165, 1.54) is 42.0 Å². The zero-order valence-corrected chi connectivity index (χ0v) is 23.3. The van der Waals surface area contributed by atoms with E-state index in [0.717, 1.165) is 6.42 Å². The van der Waals surface area contributed by atoms with Crippen LogP contribution in [0, 0.1) is 23.1 Å². The van der Waals surface area contributed by atoms with E-state index in [0.29, 0.717) is 28.7 Å². The maximum Gasteiger partial charge on any atom is 0.442 e. The molecule has 42 heavy (non-hydrogen) atoms. The lowest BCUT2D eigenvalue weighted by molar-refractivity contribution is 0.0865. The van der Waals surface area contributed by atoms with Gasteiger partial charge in [0.2, 0.25) is 0 Å². The average molecular weight is 590 g/mol. The molecular formula is C33H27F3NO4P. The van der Waals surface area contributed by atoms with Crippen molar-refractivity contribution < 1.29 is 31.9 Å². The molecule has 214 valence electrons. The van der Waals surface area contributed by atoms with Crippen LogP contribution < -0.4 is 4.52 Å². The number of carbonyl (C=O) groups is 1. The van der Waals surface area contributed by atoms with Gasteiger partial charge in [0.05, 0.1) is 17.0 Å². The van der Waals surface area contributed by atoms with E-state index >= 15 is 0 Å². The number of ketones is 1. The van der Waals surface area contributed by atoms with Crippen molar-refractivity contribution in [1.29, 1.82) is 5.26 Å². The molecule has 4 unspecified atom stereocenters. The number of nitrogens with zero attached hydrogens (tertiary/aromatic N) is 1. The molecule has 1 aliphatic rings. The van der Waals surface area contributed by atoms with Crippen LogP contribution in [0.15, 0.2) is 103 Å². The minimum absolute atomic E-state index is 0.168. The van der Waals surface area contributed by atoms with Crippen molar-refractivity contribution in [2.75, 3.05) is 0 Å². The maximum atomic E-state index is 14.5. The smallest absolute Gasteiger partial charge is 0.421 e. The van der Waals surface area contributed by atoms with Gasteiger partial charge >= 0.3 is 13.8 Å². The van der Waals surface area contributed by atoms with Crippen LogP contribution in [0.4, 0.5) is 13.2 Å². The number of hydrogen-bond acceptors (Lipinski definition) is 4. The van der Waals surface area contributed by atoms with Crippen LogP contribution in [0.1, 0.15) is 51.4 Å². The summed E-state index contributed by atoms with van der Waals surface area (Å²) >= 11 is 0. The number of Topliss-reactive ketones (excluding diaryl/α,β-unsaturated/α-hetero) is 1. The standard InChI is InChI=1S/C33H27F3NO4P/c34-28-14-10-25(11-15-28)31(38)33(27-12-6-23(21-37)7-13-27,20-26-18-30(26)24-4-2-1-3-5-24)19-22-8-16-29(17-9-22)41-42(39,40)32(35)36/h1-17,26,30,32H,18-20H2,(H,39,40). The second kappa shape index (κ2) is 12.0. The van der Waals surface area contributed by atoms with Crippen LogP contribution in [-0.2, 0) is 16.4 Å². The van der Waals surface area contributed by atoms with Gasteiger partial charge in [-0.15, -0.1) is 0 Å². The van der Waals surface area contributed by atoms with Gasteiger partial charge in [0.25, 0.3) is 0 Å². The molecule has 4 aromatic rings. The largest absolute Gasteiger partial charge is 0.442 e. The molecule has 0 amide bonds. The highest BCUT2D eigenvalue weighted by molar-refractivity contribution is 7.53. The Bertz CT molecular complexity index is 1640. The van der Waals surface area contributed by atoms with Crippen LogP contribution in [0.25, 0.3) is 0 Å². The van der Waals surface area contributed by atoms with E-state index in [1.54, 1.807) is 36.4 Å². The summed E-state index contributed by atoms with van der Waals surface area (Å²) in [5, 5.41) is 9.39. The summed E-state index contributed by atoms with van der Waals surface area (Å²) in [5.41, 5.74) is 2.16. The molecule has 9 heteroatoms. The van der Waals surface area contributed by atoms with Crippen molar-refractivity contribution in [2.24, 2.45) is 5.92 Å². The first-order valence-electron chi connectivity index (χ1n) is 13.4. The first kappa shape index (κ1) is 29.3. The molecule has 5 rings (SSSR count). The Hall–Kier alpha value is -4.18. The third-order valence-electron chi connectivity index (χ3n) is 7.78. The van der Waals surface area contributed by atoms with Crippen molar-refractivity contribution >= 4 is 13.4 Å². The Balaban J connectivity index is 1.56. The molecule has 1 N–H and O–H groups in total. The molecular weight excluding hydrogens is 562 g/mol. The molecule has 0 heterocycles. The molecule has 5 nitrogen and oxygen atoms in total. The second-order valence-corrected chi connectivity index (χ2v) is 12.3. The van der Waals surface area contributed by atoms with E-state index in [4.69, 9.17) is 0 Å². The molecule has 4 aromatic carbocycles. The lowest BCUT2D eigenvalue weighted by Gasteiger charge is -2.34. The number of halogens is 3. The monoisotopic (exact) mass is 589 g/mol. The minimum Gasteiger partial charge on any atom is -0.421 e. The molecule has 0 bridgehead atoms. The Morgan fingerprint density at radius 2 is 1.62 bits per heavy atom. The lowest BCUT2D eigenvalue weighted by Crippen LogP contribution is -2.39. The third kappa shape index (κ3) is 6.33. The molecule has 1 aliphatic carbocycles. The van der Waals surface area contributed by atoms with Gasteiger partial charge in [0.15, 0.2) is 5.78 Å².